The molecule has 0 saturated heterocycles. The quantitative estimate of drug-likeness (QED) is 0.521. The summed E-state index contributed by atoms with van der Waals surface area (Å²) in [6.45, 7) is 0. The molecule has 1 rings (SSSR count). The summed E-state index contributed by atoms with van der Waals surface area (Å²) in [5, 5.41) is 0. The van der Waals surface area contributed by atoms with Crippen LogP contribution < -0.4 is 0 Å². The fourth-order valence-corrected chi connectivity index (χ4v) is 2.79. The van der Waals surface area contributed by atoms with Crippen LogP contribution in [0.4, 0.5) is 0 Å². The van der Waals surface area contributed by atoms with Gasteiger partial charge in [-0.1, -0.05) is 0 Å². The summed E-state index contributed by atoms with van der Waals surface area (Å²) in [7, 11) is 0. The van der Waals surface area contributed by atoms with Gasteiger partial charge < -0.3 is 0 Å². The van der Waals surface area contributed by atoms with E-state index in [4.69, 9.17) is 0 Å². The van der Waals surface area contributed by atoms with Gasteiger partial charge in [0.05, 0.1) is 0 Å². The Hall–Kier alpha value is 0.961. The molecule has 0 amide bonds. The van der Waals surface area contributed by atoms with E-state index in [1.807, 2.05) is 0 Å². The molecule has 0 aromatic rings. The van der Waals surface area contributed by atoms with Crippen molar-refractivity contribution < 1.29 is 0 Å². The van der Waals surface area contributed by atoms with Gasteiger partial charge in [0.25, 0.3) is 0 Å². The first kappa shape index (κ1) is 6.09. The molecular weight excluding hydrogens is 160 g/mol. The molecule has 0 fully saturated rings. The van der Waals surface area contributed by atoms with Crippen LogP contribution in [0.15, 0.2) is 18.8 Å². The van der Waals surface area contributed by atoms with Gasteiger partial charge in [0.1, 0.15) is 0 Å². The second-order valence-corrected chi connectivity index (χ2v) is 5.78. The normalized spacial score (nSPS) is 16.4. The maximum absolute atomic E-state index is 2.40. The van der Waals surface area contributed by atoms with Gasteiger partial charge in [-0.05, 0) is 0 Å². The second-order valence-electron chi connectivity index (χ2n) is 1.81. The number of allylic oxidation sites excluding steroid dienone is 4. The van der Waals surface area contributed by atoms with Crippen molar-refractivity contribution in [1.29, 1.82) is 0 Å². The predicted molar refractivity (Wildman–Crippen MR) is 33.5 cm³/mol. The first-order valence-corrected chi connectivity index (χ1v) is 7.99. The predicted octanol–water partition coefficient (Wildman–Crippen LogP) is 1.58. The number of hydrogen-bond donors (Lipinski definition) is 0. The van der Waals surface area contributed by atoms with Gasteiger partial charge in [0.15, 0.2) is 0 Å². The third-order valence-electron chi connectivity index (χ3n) is 1.30. The second kappa shape index (κ2) is 3.08. The van der Waals surface area contributed by atoms with E-state index < -0.39 is 0 Å². The number of hydrogen-bond acceptors (Lipinski definition) is 0. The van der Waals surface area contributed by atoms with Crippen LogP contribution in [0.5, 0.6) is 0 Å². The monoisotopic (exact) mass is 168 g/mol. The van der Waals surface area contributed by atoms with E-state index in [9.17, 15) is 0 Å². The molecule has 34 valence electrons. The first-order chi connectivity index (χ1) is 3.43. The standard InChI is InChI=1S/C5H5.CH3.Sr/c1-2-4-5-3-1;;/h1-3H,4H2;1H3;. The van der Waals surface area contributed by atoms with Crippen molar-refractivity contribution in [3.8, 4) is 0 Å². The van der Waals surface area contributed by atoms with Crippen LogP contribution in [0.2, 0.25) is 1.89 Å². The molecule has 0 heterocycles. The zero-order chi connectivity index (χ0) is 5.11. The molecular formula is C6H8Sr. The van der Waals surface area contributed by atoms with Gasteiger partial charge in [0.2, 0.25) is 0 Å². The summed E-state index contributed by atoms with van der Waals surface area (Å²) in [6, 6.07) is 0. The van der Waals surface area contributed by atoms with Crippen molar-refractivity contribution in [1.82, 2.24) is 0 Å². The molecule has 0 aromatic heterocycles. The van der Waals surface area contributed by atoms with Crippen molar-refractivity contribution in [2.45, 2.75) is 8.32 Å². The molecule has 0 aromatic carbocycles. The van der Waals surface area contributed by atoms with E-state index >= 15 is 0 Å². The van der Waals surface area contributed by atoms with E-state index in [0.29, 0.717) is 0 Å². The molecule has 0 atom stereocenters. The summed E-state index contributed by atoms with van der Waals surface area (Å²) < 4.78 is 4.17. The Kier molecular flexibility index (Phi) is 2.68. The molecule has 7 heavy (non-hydrogen) atoms. The Morgan fingerprint density at radius 2 is 2.57 bits per heavy atom. The Bertz CT molecular complexity index is 111. The van der Waals surface area contributed by atoms with Gasteiger partial charge in [-0.3, -0.25) is 0 Å². The van der Waals surface area contributed by atoms with Crippen molar-refractivity contribution in [2.75, 3.05) is 0 Å². The molecule has 0 aliphatic heterocycles. The average Bonchev–Trinajstić information content (AvgIpc) is 2.14. The van der Waals surface area contributed by atoms with Crippen molar-refractivity contribution in [2.24, 2.45) is 0 Å². The zero-order valence-electron chi connectivity index (χ0n) is 4.65. The fourth-order valence-electron chi connectivity index (χ4n) is 0.754. The summed E-state index contributed by atoms with van der Waals surface area (Å²) in [5.74, 6) is 0. The Morgan fingerprint density at radius 1 is 1.71 bits per heavy atom. The molecule has 1 aliphatic rings. The van der Waals surface area contributed by atoms with Gasteiger partial charge in [-0.2, -0.15) is 0 Å². The minimum atomic E-state index is -0.336. The van der Waals surface area contributed by atoms with Gasteiger partial charge in [-0.25, -0.2) is 0 Å². The third kappa shape index (κ3) is 1.73. The maximum atomic E-state index is 2.40. The SMILES string of the molecule is [CH3][Sr][C]1=CC=CC1. The molecule has 0 radical (unpaired) electrons. The molecule has 1 aliphatic carbocycles. The summed E-state index contributed by atoms with van der Waals surface area (Å²) in [4.78, 5) is 0. The number of rotatable bonds is 1. The molecule has 0 spiro atoms. The summed E-state index contributed by atoms with van der Waals surface area (Å²) in [5.41, 5.74) is 0. The van der Waals surface area contributed by atoms with Crippen molar-refractivity contribution in [3.05, 3.63) is 18.8 Å². The Balaban J connectivity index is 2.45. The van der Waals surface area contributed by atoms with Gasteiger partial charge >= 0.3 is 68.1 Å². The van der Waals surface area contributed by atoms with Crippen LogP contribution in [0, 0.1) is 0 Å². The third-order valence-corrected chi connectivity index (χ3v) is 4.82. The van der Waals surface area contributed by atoms with E-state index in [0.717, 1.165) is 0 Å². The van der Waals surface area contributed by atoms with Gasteiger partial charge in [-0.15, -0.1) is 0 Å². The van der Waals surface area contributed by atoms with Crippen LogP contribution >= 0.6 is 0 Å². The average molecular weight is 168 g/mol. The van der Waals surface area contributed by atoms with Crippen LogP contribution in [-0.4, -0.2) is 41.0 Å². The van der Waals surface area contributed by atoms with Crippen LogP contribution in [0.1, 0.15) is 6.42 Å². The van der Waals surface area contributed by atoms with E-state index in [1.54, 1.807) is 0.544 Å². The van der Waals surface area contributed by atoms with Crippen LogP contribution in [0.25, 0.3) is 0 Å². The minimum absolute atomic E-state index is 0.336. The first-order valence-electron chi connectivity index (χ1n) is 2.78. The van der Waals surface area contributed by atoms with Crippen LogP contribution in [0.3, 0.4) is 0 Å². The molecule has 0 unspecified atom stereocenters. The molecule has 1 heteroatoms. The molecule has 0 bridgehead atoms. The summed E-state index contributed by atoms with van der Waals surface area (Å²) >= 11 is -0.336. The van der Waals surface area contributed by atoms with E-state index in [-0.39, 0.29) is 41.0 Å². The summed E-state index contributed by atoms with van der Waals surface area (Å²) in [6.07, 6.45) is 7.99. The van der Waals surface area contributed by atoms with E-state index in [1.165, 1.54) is 6.42 Å². The van der Waals surface area contributed by atoms with E-state index in [2.05, 4.69) is 20.1 Å². The molecule has 0 nitrogen and oxygen atoms in total. The topological polar surface area (TPSA) is 0 Å². The van der Waals surface area contributed by atoms with Gasteiger partial charge in [0, 0.05) is 0 Å². The molecule has 0 N–H and O–H groups in total. The zero-order valence-corrected chi connectivity index (χ0v) is 8.12. The van der Waals surface area contributed by atoms with Crippen molar-refractivity contribution >= 4 is 41.0 Å². The fraction of sp³-hybridized carbons (Fsp3) is 0.333. The molecule has 0 saturated carbocycles. The van der Waals surface area contributed by atoms with Crippen LogP contribution in [-0.2, 0) is 0 Å². The Morgan fingerprint density at radius 3 is 2.86 bits per heavy atom. The van der Waals surface area contributed by atoms with Crippen molar-refractivity contribution in [3.63, 3.8) is 0 Å². The Labute approximate surface area is 67.0 Å².